The van der Waals surface area contributed by atoms with Crippen molar-refractivity contribution in [3.05, 3.63) is 53.5 Å². The van der Waals surface area contributed by atoms with Crippen LogP contribution in [0.15, 0.2) is 41.0 Å². The highest BCUT2D eigenvalue weighted by atomic mass is 16.5. The maximum absolute atomic E-state index is 5.36. The largest absolute Gasteiger partial charge is 0.497 e. The Bertz CT molecular complexity index is 487. The molecule has 0 aliphatic carbocycles. The number of furan rings is 1. The molecule has 3 nitrogen and oxygen atoms in total. The molecule has 1 aromatic heterocycles. The predicted molar refractivity (Wildman–Crippen MR) is 71.9 cm³/mol. The van der Waals surface area contributed by atoms with Gasteiger partial charge in [-0.15, -0.1) is 0 Å². The van der Waals surface area contributed by atoms with Crippen LogP contribution in [0.2, 0.25) is 0 Å². The zero-order valence-corrected chi connectivity index (χ0v) is 11.1. The van der Waals surface area contributed by atoms with E-state index in [1.807, 2.05) is 32.2 Å². The van der Waals surface area contributed by atoms with Crippen molar-refractivity contribution in [3.63, 3.8) is 0 Å². The lowest BCUT2D eigenvalue weighted by molar-refractivity contribution is 0.414. The lowest BCUT2D eigenvalue weighted by Gasteiger charge is -2.15. The Hall–Kier alpha value is -1.74. The van der Waals surface area contributed by atoms with Crippen molar-refractivity contribution >= 4 is 0 Å². The van der Waals surface area contributed by atoms with E-state index in [1.165, 1.54) is 11.1 Å². The Morgan fingerprint density at radius 3 is 2.44 bits per heavy atom. The molecule has 0 amide bonds. The van der Waals surface area contributed by atoms with Crippen LogP contribution in [-0.2, 0) is 6.42 Å². The van der Waals surface area contributed by atoms with Crippen LogP contribution in [0.25, 0.3) is 0 Å². The molecule has 1 atom stereocenters. The zero-order chi connectivity index (χ0) is 13.0. The summed E-state index contributed by atoms with van der Waals surface area (Å²) in [5, 5.41) is 3.33. The molecule has 0 radical (unpaired) electrons. The van der Waals surface area contributed by atoms with E-state index < -0.39 is 0 Å². The molecule has 3 heteroatoms. The number of nitrogens with one attached hydrogen (secondary N) is 1. The second-order valence-electron chi connectivity index (χ2n) is 4.33. The minimum Gasteiger partial charge on any atom is -0.497 e. The molecule has 1 N–H and O–H groups in total. The second-order valence-corrected chi connectivity index (χ2v) is 4.33. The fourth-order valence-corrected chi connectivity index (χ4v) is 2.12. The number of hydrogen-bond acceptors (Lipinski definition) is 3. The lowest BCUT2D eigenvalue weighted by atomic mass is 9.99. The van der Waals surface area contributed by atoms with E-state index in [0.29, 0.717) is 0 Å². The van der Waals surface area contributed by atoms with Gasteiger partial charge in [0.15, 0.2) is 0 Å². The van der Waals surface area contributed by atoms with Gasteiger partial charge < -0.3 is 14.5 Å². The molecule has 0 spiro atoms. The Morgan fingerprint density at radius 1 is 1.22 bits per heavy atom. The standard InChI is InChI=1S/C15H19NO2/c1-11-14(8-9-18-11)15(16-2)10-12-4-6-13(17-3)7-5-12/h4-9,15-16H,10H2,1-3H3. The molecule has 0 fully saturated rings. The van der Waals surface area contributed by atoms with Gasteiger partial charge in [0.05, 0.1) is 13.4 Å². The fraction of sp³-hybridized carbons (Fsp3) is 0.333. The van der Waals surface area contributed by atoms with E-state index in [2.05, 4.69) is 17.4 Å². The van der Waals surface area contributed by atoms with Gasteiger partial charge in [-0.3, -0.25) is 0 Å². The number of likely N-dealkylation sites (N-methyl/N-ethyl adjacent to an activating group) is 1. The summed E-state index contributed by atoms with van der Waals surface area (Å²) in [6.45, 7) is 1.99. The van der Waals surface area contributed by atoms with Crippen LogP contribution in [0, 0.1) is 6.92 Å². The van der Waals surface area contributed by atoms with Crippen molar-refractivity contribution in [3.8, 4) is 5.75 Å². The first kappa shape index (κ1) is 12.7. The topological polar surface area (TPSA) is 34.4 Å². The van der Waals surface area contributed by atoms with Gasteiger partial charge in [0, 0.05) is 11.6 Å². The summed E-state index contributed by atoms with van der Waals surface area (Å²) >= 11 is 0. The molecule has 96 valence electrons. The maximum Gasteiger partial charge on any atom is 0.118 e. The first-order chi connectivity index (χ1) is 8.74. The molecule has 1 aromatic carbocycles. The average Bonchev–Trinajstić information content (AvgIpc) is 2.83. The smallest absolute Gasteiger partial charge is 0.118 e. The van der Waals surface area contributed by atoms with E-state index in [9.17, 15) is 0 Å². The molecular formula is C15H19NO2. The minimum atomic E-state index is 0.275. The first-order valence-electron chi connectivity index (χ1n) is 6.08. The van der Waals surface area contributed by atoms with Crippen molar-refractivity contribution in [1.82, 2.24) is 5.32 Å². The van der Waals surface area contributed by atoms with Crippen LogP contribution >= 0.6 is 0 Å². The Kier molecular flexibility index (Phi) is 4.05. The minimum absolute atomic E-state index is 0.275. The summed E-state index contributed by atoms with van der Waals surface area (Å²) in [7, 11) is 3.65. The Balaban J connectivity index is 2.13. The fourth-order valence-electron chi connectivity index (χ4n) is 2.12. The SMILES string of the molecule is CNC(Cc1ccc(OC)cc1)c1ccoc1C. The van der Waals surface area contributed by atoms with Gasteiger partial charge in [-0.1, -0.05) is 12.1 Å². The predicted octanol–water partition coefficient (Wildman–Crippen LogP) is 3.10. The van der Waals surface area contributed by atoms with Gasteiger partial charge in [-0.25, -0.2) is 0 Å². The molecule has 1 unspecified atom stereocenters. The molecule has 2 rings (SSSR count). The van der Waals surface area contributed by atoms with Crippen molar-refractivity contribution < 1.29 is 9.15 Å². The molecule has 0 aliphatic heterocycles. The van der Waals surface area contributed by atoms with Crippen LogP contribution in [0.5, 0.6) is 5.75 Å². The molecule has 2 aromatic rings. The summed E-state index contributed by atoms with van der Waals surface area (Å²) in [5.74, 6) is 1.86. The zero-order valence-electron chi connectivity index (χ0n) is 11.1. The van der Waals surface area contributed by atoms with Crippen LogP contribution in [0.4, 0.5) is 0 Å². The molecule has 18 heavy (non-hydrogen) atoms. The number of rotatable bonds is 5. The van der Waals surface area contributed by atoms with Crippen molar-refractivity contribution in [2.24, 2.45) is 0 Å². The van der Waals surface area contributed by atoms with Crippen LogP contribution in [0.1, 0.15) is 22.9 Å². The van der Waals surface area contributed by atoms with Gasteiger partial charge in [-0.05, 0) is 44.2 Å². The molecule has 1 heterocycles. The highest BCUT2D eigenvalue weighted by Gasteiger charge is 2.14. The van der Waals surface area contributed by atoms with Crippen LogP contribution in [0.3, 0.4) is 0 Å². The first-order valence-corrected chi connectivity index (χ1v) is 6.08. The molecular weight excluding hydrogens is 226 g/mol. The highest BCUT2D eigenvalue weighted by molar-refractivity contribution is 5.29. The number of methoxy groups -OCH3 is 1. The quantitative estimate of drug-likeness (QED) is 0.879. The third kappa shape index (κ3) is 2.74. The van der Waals surface area contributed by atoms with E-state index in [0.717, 1.165) is 17.9 Å². The Labute approximate surface area is 108 Å². The highest BCUT2D eigenvalue weighted by Crippen LogP contribution is 2.23. The van der Waals surface area contributed by atoms with Crippen molar-refractivity contribution in [2.75, 3.05) is 14.2 Å². The summed E-state index contributed by atoms with van der Waals surface area (Å²) in [5.41, 5.74) is 2.49. The number of hydrogen-bond donors (Lipinski definition) is 1. The number of aryl methyl sites for hydroxylation is 1. The summed E-state index contributed by atoms with van der Waals surface area (Å²) in [4.78, 5) is 0. The lowest BCUT2D eigenvalue weighted by Crippen LogP contribution is -2.19. The van der Waals surface area contributed by atoms with Gasteiger partial charge in [0.1, 0.15) is 11.5 Å². The normalized spacial score (nSPS) is 12.4. The third-order valence-corrected chi connectivity index (χ3v) is 3.22. The summed E-state index contributed by atoms with van der Waals surface area (Å²) < 4.78 is 10.5. The van der Waals surface area contributed by atoms with Crippen LogP contribution < -0.4 is 10.1 Å². The molecule has 0 bridgehead atoms. The molecule has 0 aliphatic rings. The third-order valence-electron chi connectivity index (χ3n) is 3.22. The van der Waals surface area contributed by atoms with E-state index in [4.69, 9.17) is 9.15 Å². The second kappa shape index (κ2) is 5.74. The van der Waals surface area contributed by atoms with Crippen LogP contribution in [-0.4, -0.2) is 14.2 Å². The van der Waals surface area contributed by atoms with E-state index in [1.54, 1.807) is 13.4 Å². The Morgan fingerprint density at radius 2 is 1.94 bits per heavy atom. The summed E-state index contributed by atoms with van der Waals surface area (Å²) in [6, 6.07) is 10.5. The molecule has 0 saturated carbocycles. The van der Waals surface area contributed by atoms with E-state index in [-0.39, 0.29) is 6.04 Å². The van der Waals surface area contributed by atoms with E-state index >= 15 is 0 Å². The summed E-state index contributed by atoms with van der Waals surface area (Å²) in [6.07, 6.45) is 2.67. The maximum atomic E-state index is 5.36. The van der Waals surface area contributed by atoms with Gasteiger partial charge in [0.2, 0.25) is 0 Å². The van der Waals surface area contributed by atoms with Gasteiger partial charge >= 0.3 is 0 Å². The average molecular weight is 245 g/mol. The number of benzene rings is 1. The van der Waals surface area contributed by atoms with Gasteiger partial charge in [0.25, 0.3) is 0 Å². The number of ether oxygens (including phenoxy) is 1. The van der Waals surface area contributed by atoms with Crippen molar-refractivity contribution in [2.45, 2.75) is 19.4 Å². The van der Waals surface area contributed by atoms with Crippen molar-refractivity contribution in [1.29, 1.82) is 0 Å². The van der Waals surface area contributed by atoms with Gasteiger partial charge in [-0.2, -0.15) is 0 Å². The molecule has 0 saturated heterocycles. The monoisotopic (exact) mass is 245 g/mol.